The van der Waals surface area contributed by atoms with Crippen LogP contribution in [-0.4, -0.2) is 13.4 Å². The lowest BCUT2D eigenvalue weighted by Crippen LogP contribution is -1.90. The highest BCUT2D eigenvalue weighted by molar-refractivity contribution is 7.98. The third-order valence-electron chi connectivity index (χ3n) is 1.87. The van der Waals surface area contributed by atoms with E-state index in [-0.39, 0.29) is 0 Å². The smallest absolute Gasteiger partial charge is 0.122 e. The molecule has 0 aliphatic rings. The van der Waals surface area contributed by atoms with Crippen molar-refractivity contribution in [1.82, 2.24) is 0 Å². The fourth-order valence-electron chi connectivity index (χ4n) is 1.16. The third-order valence-corrected chi connectivity index (χ3v) is 2.59. The highest BCUT2D eigenvalue weighted by Crippen LogP contribution is 2.24. The van der Waals surface area contributed by atoms with Gasteiger partial charge in [0.2, 0.25) is 0 Å². The average molecular weight is 182 g/mol. The maximum atomic E-state index is 5.23. The first-order valence-electron chi connectivity index (χ1n) is 4.02. The Balaban J connectivity index is 3.02. The Morgan fingerprint density at radius 1 is 1.42 bits per heavy atom. The molecule has 0 spiro atoms. The molecule has 0 fully saturated rings. The summed E-state index contributed by atoms with van der Waals surface area (Å²) < 4.78 is 5.23. The van der Waals surface area contributed by atoms with Crippen LogP contribution in [0.15, 0.2) is 23.1 Å². The minimum absolute atomic E-state index is 0.996. The van der Waals surface area contributed by atoms with E-state index in [1.54, 1.807) is 18.9 Å². The van der Waals surface area contributed by atoms with Crippen molar-refractivity contribution in [3.8, 4) is 5.75 Å². The van der Waals surface area contributed by atoms with Crippen LogP contribution in [0, 0.1) is 0 Å². The standard InChI is InChI=1S/C10H14OS/c1-4-8-7-9(12-3)5-6-10(8)11-2/h5-7H,4H2,1-3H3. The van der Waals surface area contributed by atoms with Crippen molar-refractivity contribution >= 4 is 11.8 Å². The van der Waals surface area contributed by atoms with Gasteiger partial charge in [0.1, 0.15) is 5.75 Å². The Kier molecular flexibility index (Phi) is 3.48. The fourth-order valence-corrected chi connectivity index (χ4v) is 1.62. The summed E-state index contributed by atoms with van der Waals surface area (Å²) >= 11 is 1.76. The quantitative estimate of drug-likeness (QED) is 0.665. The maximum Gasteiger partial charge on any atom is 0.122 e. The molecule has 0 N–H and O–H groups in total. The minimum atomic E-state index is 0.996. The summed E-state index contributed by atoms with van der Waals surface area (Å²) in [6, 6.07) is 6.30. The molecule has 0 bridgehead atoms. The molecule has 1 aromatic carbocycles. The van der Waals surface area contributed by atoms with Gasteiger partial charge in [-0.1, -0.05) is 6.92 Å². The van der Waals surface area contributed by atoms with Crippen LogP contribution in [0.4, 0.5) is 0 Å². The molecule has 1 aromatic rings. The van der Waals surface area contributed by atoms with E-state index < -0.39 is 0 Å². The Morgan fingerprint density at radius 2 is 2.17 bits per heavy atom. The lowest BCUT2D eigenvalue weighted by atomic mass is 10.1. The largest absolute Gasteiger partial charge is 0.496 e. The predicted molar refractivity (Wildman–Crippen MR) is 54.2 cm³/mol. The number of rotatable bonds is 3. The molecular weight excluding hydrogens is 168 g/mol. The molecule has 0 aromatic heterocycles. The molecule has 0 aliphatic heterocycles. The van der Waals surface area contributed by atoms with Crippen LogP contribution in [0.25, 0.3) is 0 Å². The molecule has 1 nitrogen and oxygen atoms in total. The van der Waals surface area contributed by atoms with E-state index in [1.807, 2.05) is 6.07 Å². The van der Waals surface area contributed by atoms with Crippen molar-refractivity contribution in [3.63, 3.8) is 0 Å². The SMILES string of the molecule is CCc1cc(SC)ccc1OC. The lowest BCUT2D eigenvalue weighted by molar-refractivity contribution is 0.409. The number of hydrogen-bond donors (Lipinski definition) is 0. The Bertz CT molecular complexity index is 258. The first kappa shape index (κ1) is 9.46. The van der Waals surface area contributed by atoms with Gasteiger partial charge in [-0.15, -0.1) is 11.8 Å². The predicted octanol–water partition coefficient (Wildman–Crippen LogP) is 2.98. The van der Waals surface area contributed by atoms with Crippen LogP contribution in [0.2, 0.25) is 0 Å². The minimum Gasteiger partial charge on any atom is -0.496 e. The van der Waals surface area contributed by atoms with Crippen LogP contribution >= 0.6 is 11.8 Å². The second kappa shape index (κ2) is 4.41. The van der Waals surface area contributed by atoms with E-state index in [1.165, 1.54) is 10.5 Å². The Morgan fingerprint density at radius 3 is 2.67 bits per heavy atom. The van der Waals surface area contributed by atoms with Gasteiger partial charge in [0.05, 0.1) is 7.11 Å². The molecule has 0 amide bonds. The summed E-state index contributed by atoms with van der Waals surface area (Å²) in [6.07, 6.45) is 3.11. The molecule has 12 heavy (non-hydrogen) atoms. The van der Waals surface area contributed by atoms with Crippen LogP contribution in [0.3, 0.4) is 0 Å². The Labute approximate surface area is 78.1 Å². The van der Waals surface area contributed by atoms with E-state index in [9.17, 15) is 0 Å². The number of thioether (sulfide) groups is 1. The molecule has 0 radical (unpaired) electrons. The zero-order valence-electron chi connectivity index (χ0n) is 7.76. The zero-order valence-corrected chi connectivity index (χ0v) is 8.57. The summed E-state index contributed by atoms with van der Waals surface area (Å²) in [4.78, 5) is 1.30. The summed E-state index contributed by atoms with van der Waals surface area (Å²) in [5, 5.41) is 0. The van der Waals surface area contributed by atoms with Gasteiger partial charge < -0.3 is 4.74 Å². The van der Waals surface area contributed by atoms with Crippen molar-refractivity contribution in [2.45, 2.75) is 18.2 Å². The summed E-state index contributed by atoms with van der Waals surface area (Å²) in [5.74, 6) is 0.996. The van der Waals surface area contributed by atoms with E-state index in [2.05, 4.69) is 25.3 Å². The zero-order chi connectivity index (χ0) is 8.97. The molecule has 0 heterocycles. The van der Waals surface area contributed by atoms with Crippen LogP contribution in [-0.2, 0) is 6.42 Å². The van der Waals surface area contributed by atoms with Gasteiger partial charge in [-0.2, -0.15) is 0 Å². The number of methoxy groups -OCH3 is 1. The number of ether oxygens (including phenoxy) is 1. The van der Waals surface area contributed by atoms with E-state index in [4.69, 9.17) is 4.74 Å². The molecule has 0 aliphatic carbocycles. The van der Waals surface area contributed by atoms with Crippen molar-refractivity contribution in [1.29, 1.82) is 0 Å². The first-order chi connectivity index (χ1) is 5.81. The monoisotopic (exact) mass is 182 g/mol. The molecule has 2 heteroatoms. The Hall–Kier alpha value is -0.630. The topological polar surface area (TPSA) is 9.23 Å². The maximum absolute atomic E-state index is 5.23. The lowest BCUT2D eigenvalue weighted by Gasteiger charge is -2.07. The summed E-state index contributed by atoms with van der Waals surface area (Å²) in [5.41, 5.74) is 1.28. The molecule has 0 atom stereocenters. The first-order valence-corrected chi connectivity index (χ1v) is 5.25. The van der Waals surface area contributed by atoms with Gasteiger partial charge in [0, 0.05) is 4.90 Å². The van der Waals surface area contributed by atoms with Crippen molar-refractivity contribution in [2.75, 3.05) is 13.4 Å². The molecule has 0 saturated heterocycles. The van der Waals surface area contributed by atoms with Gasteiger partial charge in [-0.25, -0.2) is 0 Å². The number of benzene rings is 1. The summed E-state index contributed by atoms with van der Waals surface area (Å²) in [7, 11) is 1.72. The van der Waals surface area contributed by atoms with E-state index in [0.717, 1.165) is 12.2 Å². The van der Waals surface area contributed by atoms with Crippen LogP contribution < -0.4 is 4.74 Å². The van der Waals surface area contributed by atoms with Gasteiger partial charge in [-0.05, 0) is 36.4 Å². The van der Waals surface area contributed by atoms with E-state index >= 15 is 0 Å². The molecule has 0 saturated carbocycles. The highest BCUT2D eigenvalue weighted by Gasteiger charge is 2.00. The second-order valence-electron chi connectivity index (χ2n) is 2.53. The summed E-state index contributed by atoms with van der Waals surface area (Å²) in [6.45, 7) is 2.14. The van der Waals surface area contributed by atoms with E-state index in [0.29, 0.717) is 0 Å². The van der Waals surface area contributed by atoms with Crippen molar-refractivity contribution in [3.05, 3.63) is 23.8 Å². The average Bonchev–Trinajstić information content (AvgIpc) is 2.16. The number of hydrogen-bond acceptors (Lipinski definition) is 2. The normalized spacial score (nSPS) is 9.92. The van der Waals surface area contributed by atoms with Crippen molar-refractivity contribution < 1.29 is 4.74 Å². The highest BCUT2D eigenvalue weighted by atomic mass is 32.2. The van der Waals surface area contributed by atoms with Gasteiger partial charge in [0.15, 0.2) is 0 Å². The molecule has 0 unspecified atom stereocenters. The fraction of sp³-hybridized carbons (Fsp3) is 0.400. The molecule has 66 valence electrons. The van der Waals surface area contributed by atoms with Gasteiger partial charge >= 0.3 is 0 Å². The second-order valence-corrected chi connectivity index (χ2v) is 3.41. The number of aryl methyl sites for hydroxylation is 1. The van der Waals surface area contributed by atoms with Crippen LogP contribution in [0.1, 0.15) is 12.5 Å². The third kappa shape index (κ3) is 1.95. The van der Waals surface area contributed by atoms with Gasteiger partial charge in [-0.3, -0.25) is 0 Å². The molecular formula is C10H14OS. The van der Waals surface area contributed by atoms with Gasteiger partial charge in [0.25, 0.3) is 0 Å². The van der Waals surface area contributed by atoms with Crippen LogP contribution in [0.5, 0.6) is 5.75 Å². The van der Waals surface area contributed by atoms with Crippen molar-refractivity contribution in [2.24, 2.45) is 0 Å². The molecule has 1 rings (SSSR count).